The van der Waals surface area contributed by atoms with Crippen molar-refractivity contribution >= 4 is 11.8 Å². The Kier molecular flexibility index (Phi) is 7.40. The van der Waals surface area contributed by atoms with Crippen molar-refractivity contribution in [3.8, 4) is 5.75 Å². The zero-order valence-electron chi connectivity index (χ0n) is 9.45. The van der Waals surface area contributed by atoms with E-state index in [1.165, 1.54) is 12.0 Å². The van der Waals surface area contributed by atoms with Gasteiger partial charge < -0.3 is 5.11 Å². The van der Waals surface area contributed by atoms with Gasteiger partial charge in [-0.3, -0.25) is 0 Å². The highest BCUT2D eigenvalue weighted by molar-refractivity contribution is 7.98. The molecule has 1 nitrogen and oxygen atoms in total. The van der Waals surface area contributed by atoms with Crippen LogP contribution in [-0.2, 0) is 0 Å². The van der Waals surface area contributed by atoms with Gasteiger partial charge in [0.25, 0.3) is 0 Å². The molecule has 0 saturated carbocycles. The van der Waals surface area contributed by atoms with Crippen molar-refractivity contribution < 1.29 is 5.11 Å². The lowest BCUT2D eigenvalue weighted by molar-refractivity contribution is 0.475. The van der Waals surface area contributed by atoms with Gasteiger partial charge in [0.05, 0.1) is 0 Å². The first-order valence-corrected chi connectivity index (χ1v) is 6.26. The summed E-state index contributed by atoms with van der Waals surface area (Å²) in [5.41, 5.74) is 1.26. The number of hydrogen-bond acceptors (Lipinski definition) is 2. The van der Waals surface area contributed by atoms with E-state index < -0.39 is 0 Å². The molecule has 0 radical (unpaired) electrons. The Morgan fingerprint density at radius 2 is 1.64 bits per heavy atom. The zero-order chi connectivity index (χ0) is 11.0. The van der Waals surface area contributed by atoms with Crippen molar-refractivity contribution in [1.82, 2.24) is 0 Å². The highest BCUT2D eigenvalue weighted by Gasteiger charge is 2.01. The Labute approximate surface area is 91.5 Å². The number of benzene rings is 1. The Bertz CT molecular complexity index is 231. The predicted octanol–water partition coefficient (Wildman–Crippen LogP) is 4.23. The van der Waals surface area contributed by atoms with E-state index in [0.717, 1.165) is 0 Å². The molecule has 0 spiro atoms. The van der Waals surface area contributed by atoms with Crippen LogP contribution >= 0.6 is 11.8 Å². The van der Waals surface area contributed by atoms with Crippen LogP contribution in [0.1, 0.15) is 38.0 Å². The molecule has 1 atom stereocenters. The van der Waals surface area contributed by atoms with E-state index in [1.807, 2.05) is 12.1 Å². The molecule has 0 fully saturated rings. The van der Waals surface area contributed by atoms with E-state index >= 15 is 0 Å². The van der Waals surface area contributed by atoms with Crippen LogP contribution in [0.3, 0.4) is 0 Å². The summed E-state index contributed by atoms with van der Waals surface area (Å²) < 4.78 is 0. The largest absolute Gasteiger partial charge is 0.508 e. The molecule has 1 aromatic carbocycles. The molecule has 1 aromatic rings. The first-order valence-electron chi connectivity index (χ1n) is 4.97. The fourth-order valence-electron chi connectivity index (χ4n) is 0.881. The Balaban J connectivity index is 0.000000500. The molecular weight excluding hydrogens is 192 g/mol. The first-order chi connectivity index (χ1) is 6.65. The summed E-state index contributed by atoms with van der Waals surface area (Å²) >= 11 is 1.80. The molecule has 0 aromatic heterocycles. The lowest BCUT2D eigenvalue weighted by Gasteiger charge is -2.07. The number of phenols is 1. The van der Waals surface area contributed by atoms with Gasteiger partial charge in [-0.2, -0.15) is 11.8 Å². The Hall–Kier alpha value is -0.630. The third-order valence-electron chi connectivity index (χ3n) is 1.72. The fourth-order valence-corrected chi connectivity index (χ4v) is 1.31. The maximum atomic E-state index is 9.00. The van der Waals surface area contributed by atoms with E-state index in [9.17, 15) is 0 Å². The molecule has 0 saturated heterocycles. The molecule has 1 rings (SSSR count). The summed E-state index contributed by atoms with van der Waals surface area (Å²) in [7, 11) is 0. The topological polar surface area (TPSA) is 20.2 Å². The van der Waals surface area contributed by atoms with Gasteiger partial charge in [-0.25, -0.2) is 0 Å². The standard InChI is InChI=1S/C9H12OS.C3H8/c1-7(11-2)8-3-5-9(10)6-4-8;1-3-2/h3-7,10H,1-2H3;3H2,1-2H3. The summed E-state index contributed by atoms with van der Waals surface area (Å²) in [4.78, 5) is 0. The number of thioether (sulfide) groups is 1. The smallest absolute Gasteiger partial charge is 0.115 e. The molecule has 14 heavy (non-hydrogen) atoms. The SMILES string of the molecule is CCC.CSC(C)c1ccc(O)cc1. The Morgan fingerprint density at radius 1 is 1.21 bits per heavy atom. The van der Waals surface area contributed by atoms with Crippen molar-refractivity contribution in [3.63, 3.8) is 0 Å². The third kappa shape index (κ3) is 5.18. The molecule has 1 unspecified atom stereocenters. The van der Waals surface area contributed by atoms with E-state index in [4.69, 9.17) is 5.11 Å². The maximum Gasteiger partial charge on any atom is 0.115 e. The lowest BCUT2D eigenvalue weighted by Crippen LogP contribution is -1.84. The van der Waals surface area contributed by atoms with E-state index in [-0.39, 0.29) is 0 Å². The second kappa shape index (κ2) is 7.74. The zero-order valence-corrected chi connectivity index (χ0v) is 10.3. The van der Waals surface area contributed by atoms with Gasteiger partial charge in [-0.05, 0) is 30.9 Å². The van der Waals surface area contributed by atoms with Crippen molar-refractivity contribution in [3.05, 3.63) is 29.8 Å². The van der Waals surface area contributed by atoms with Crippen LogP contribution in [0, 0.1) is 0 Å². The molecule has 0 amide bonds. The summed E-state index contributed by atoms with van der Waals surface area (Å²) in [6.07, 6.45) is 3.33. The minimum atomic E-state index is 0.335. The summed E-state index contributed by atoms with van der Waals surface area (Å²) in [5.74, 6) is 0.335. The summed E-state index contributed by atoms with van der Waals surface area (Å²) in [5, 5.41) is 9.51. The minimum Gasteiger partial charge on any atom is -0.508 e. The highest BCUT2D eigenvalue weighted by atomic mass is 32.2. The number of phenolic OH excluding ortho intramolecular Hbond substituents is 1. The van der Waals surface area contributed by atoms with Gasteiger partial charge in [-0.15, -0.1) is 0 Å². The van der Waals surface area contributed by atoms with Crippen molar-refractivity contribution in [2.75, 3.05) is 6.26 Å². The average Bonchev–Trinajstić information content (AvgIpc) is 2.19. The third-order valence-corrected chi connectivity index (χ3v) is 2.70. The predicted molar refractivity (Wildman–Crippen MR) is 66.0 cm³/mol. The maximum absolute atomic E-state index is 9.00. The molecule has 0 aliphatic rings. The normalized spacial score (nSPS) is 11.4. The van der Waals surface area contributed by atoms with Crippen LogP contribution < -0.4 is 0 Å². The highest BCUT2D eigenvalue weighted by Crippen LogP contribution is 2.26. The van der Waals surface area contributed by atoms with Gasteiger partial charge in [0, 0.05) is 5.25 Å². The molecule has 80 valence electrons. The number of hydrogen-bond donors (Lipinski definition) is 1. The van der Waals surface area contributed by atoms with Gasteiger partial charge in [0.15, 0.2) is 0 Å². The summed E-state index contributed by atoms with van der Waals surface area (Å²) in [6, 6.07) is 7.36. The van der Waals surface area contributed by atoms with Gasteiger partial charge in [-0.1, -0.05) is 32.4 Å². The monoisotopic (exact) mass is 212 g/mol. The second-order valence-corrected chi connectivity index (χ2v) is 4.36. The van der Waals surface area contributed by atoms with Gasteiger partial charge in [0.2, 0.25) is 0 Å². The average molecular weight is 212 g/mol. The Morgan fingerprint density at radius 3 is 2.00 bits per heavy atom. The minimum absolute atomic E-state index is 0.335. The van der Waals surface area contributed by atoms with Crippen LogP contribution in [-0.4, -0.2) is 11.4 Å². The molecule has 0 aliphatic carbocycles. The van der Waals surface area contributed by atoms with E-state index in [1.54, 1.807) is 23.9 Å². The lowest BCUT2D eigenvalue weighted by atomic mass is 10.2. The molecule has 0 aliphatic heterocycles. The van der Waals surface area contributed by atoms with Crippen LogP contribution in [0.15, 0.2) is 24.3 Å². The number of aromatic hydroxyl groups is 1. The molecule has 2 heteroatoms. The first kappa shape index (κ1) is 13.4. The van der Waals surface area contributed by atoms with E-state index in [0.29, 0.717) is 11.0 Å². The quantitative estimate of drug-likeness (QED) is 0.791. The molecular formula is C12H20OS. The van der Waals surface area contributed by atoms with Crippen molar-refractivity contribution in [2.45, 2.75) is 32.4 Å². The van der Waals surface area contributed by atoms with E-state index in [2.05, 4.69) is 27.0 Å². The van der Waals surface area contributed by atoms with Crippen LogP contribution in [0.5, 0.6) is 5.75 Å². The molecule has 1 N–H and O–H groups in total. The number of rotatable bonds is 2. The fraction of sp³-hybridized carbons (Fsp3) is 0.500. The van der Waals surface area contributed by atoms with Crippen LogP contribution in [0.25, 0.3) is 0 Å². The van der Waals surface area contributed by atoms with Crippen molar-refractivity contribution in [1.29, 1.82) is 0 Å². The molecule has 0 heterocycles. The van der Waals surface area contributed by atoms with Crippen LogP contribution in [0.4, 0.5) is 0 Å². The van der Waals surface area contributed by atoms with Crippen molar-refractivity contribution in [2.24, 2.45) is 0 Å². The molecule has 0 bridgehead atoms. The van der Waals surface area contributed by atoms with Gasteiger partial charge in [0.1, 0.15) is 5.75 Å². The summed E-state index contributed by atoms with van der Waals surface area (Å²) in [6.45, 7) is 6.40. The van der Waals surface area contributed by atoms with Crippen LogP contribution in [0.2, 0.25) is 0 Å². The van der Waals surface area contributed by atoms with Gasteiger partial charge >= 0.3 is 0 Å². The second-order valence-electron chi connectivity index (χ2n) is 3.18.